The molecule has 1 aliphatic heterocycles. The monoisotopic (exact) mass is 529 g/mol. The third kappa shape index (κ3) is 5.55. The van der Waals surface area contributed by atoms with Gasteiger partial charge in [-0.3, -0.25) is 14.5 Å². The summed E-state index contributed by atoms with van der Waals surface area (Å²) in [5.41, 5.74) is -0.346. The molecular weight excluding hydrogens is 509 g/mol. The van der Waals surface area contributed by atoms with Gasteiger partial charge < -0.3 is 10.2 Å². The van der Waals surface area contributed by atoms with Gasteiger partial charge in [-0.2, -0.15) is 18.3 Å². The Morgan fingerprint density at radius 2 is 1.89 bits per heavy atom. The van der Waals surface area contributed by atoms with Crippen molar-refractivity contribution in [2.75, 3.05) is 18.4 Å². The summed E-state index contributed by atoms with van der Waals surface area (Å²) in [6.45, 7) is 0.670. The van der Waals surface area contributed by atoms with Crippen LogP contribution in [0.15, 0.2) is 36.9 Å². The molecular formula is C22H21ClF5N7O. The zero-order valence-electron chi connectivity index (χ0n) is 19.1. The second-order valence-electron chi connectivity index (χ2n) is 8.64. The Morgan fingerprint density at radius 1 is 1.19 bits per heavy atom. The number of halogens is 6. The molecule has 0 radical (unpaired) electrons. The molecule has 1 aliphatic rings. The number of aromatic nitrogens is 5. The van der Waals surface area contributed by atoms with Gasteiger partial charge in [-0.25, -0.2) is 18.7 Å². The second-order valence-corrected chi connectivity index (χ2v) is 9.07. The van der Waals surface area contributed by atoms with E-state index in [-0.39, 0.29) is 18.2 Å². The van der Waals surface area contributed by atoms with E-state index in [9.17, 15) is 26.7 Å². The number of nitrogens with zero attached hydrogens (tertiary/aromatic N) is 6. The fraction of sp³-hybridized carbons (Fsp3) is 0.409. The highest BCUT2D eigenvalue weighted by Crippen LogP contribution is 2.36. The quantitative estimate of drug-likeness (QED) is 0.488. The van der Waals surface area contributed by atoms with E-state index in [1.165, 1.54) is 10.9 Å². The number of aryl methyl sites for hydroxylation is 1. The van der Waals surface area contributed by atoms with Crippen LogP contribution >= 0.6 is 11.6 Å². The smallest absolute Gasteiger partial charge is 0.352 e. The molecule has 4 rings (SSSR count). The molecule has 3 aromatic rings. The predicted molar refractivity (Wildman–Crippen MR) is 121 cm³/mol. The largest absolute Gasteiger partial charge is 0.419 e. The first-order chi connectivity index (χ1) is 16.8. The van der Waals surface area contributed by atoms with Crippen LogP contribution in [0.5, 0.6) is 0 Å². The lowest BCUT2D eigenvalue weighted by Crippen LogP contribution is -2.57. The molecule has 0 spiro atoms. The van der Waals surface area contributed by atoms with E-state index >= 15 is 0 Å². The Labute approximate surface area is 207 Å². The summed E-state index contributed by atoms with van der Waals surface area (Å²) in [6.07, 6.45) is -0.869. The number of carbonyl (C=O) groups is 1. The number of hydrogen-bond donors (Lipinski definition) is 1. The summed E-state index contributed by atoms with van der Waals surface area (Å²) in [7, 11) is 1.59. The Kier molecular flexibility index (Phi) is 6.86. The molecule has 1 unspecified atom stereocenters. The summed E-state index contributed by atoms with van der Waals surface area (Å²) < 4.78 is 68.8. The Balaban J connectivity index is 1.60. The van der Waals surface area contributed by atoms with Crippen LogP contribution in [0.1, 0.15) is 29.4 Å². The van der Waals surface area contributed by atoms with Crippen molar-refractivity contribution in [1.29, 1.82) is 0 Å². The minimum absolute atomic E-state index is 0.0598. The van der Waals surface area contributed by atoms with Gasteiger partial charge in [0.2, 0.25) is 5.95 Å². The first-order valence-electron chi connectivity index (χ1n) is 10.8. The van der Waals surface area contributed by atoms with Gasteiger partial charge in [0, 0.05) is 44.8 Å². The third-order valence-electron chi connectivity index (χ3n) is 5.82. The van der Waals surface area contributed by atoms with E-state index in [1.54, 1.807) is 32.3 Å². The van der Waals surface area contributed by atoms with Crippen LogP contribution in [0.2, 0.25) is 5.02 Å². The van der Waals surface area contributed by atoms with Crippen molar-refractivity contribution in [3.8, 4) is 11.3 Å². The summed E-state index contributed by atoms with van der Waals surface area (Å²) in [5.74, 6) is -4.64. The minimum atomic E-state index is -4.59. The van der Waals surface area contributed by atoms with Crippen molar-refractivity contribution >= 4 is 23.5 Å². The molecule has 4 heterocycles. The zero-order valence-corrected chi connectivity index (χ0v) is 19.9. The Bertz CT molecular complexity index is 1230. The van der Waals surface area contributed by atoms with Gasteiger partial charge in [-0.1, -0.05) is 18.5 Å². The molecule has 1 amide bonds. The van der Waals surface area contributed by atoms with E-state index in [2.05, 4.69) is 25.4 Å². The number of anilines is 1. The molecule has 3 aromatic heterocycles. The average molecular weight is 530 g/mol. The highest BCUT2D eigenvalue weighted by molar-refractivity contribution is 6.30. The zero-order chi connectivity index (χ0) is 26.3. The van der Waals surface area contributed by atoms with E-state index < -0.39 is 48.5 Å². The van der Waals surface area contributed by atoms with E-state index in [0.717, 1.165) is 4.90 Å². The summed E-state index contributed by atoms with van der Waals surface area (Å²) in [6, 6.07) is 2.43. The highest BCUT2D eigenvalue weighted by Gasteiger charge is 2.47. The number of likely N-dealkylation sites (tertiary alicyclic amines) is 1. The van der Waals surface area contributed by atoms with Crippen LogP contribution in [0.3, 0.4) is 0 Å². The standard InChI is InChI=1S/C22H21ClF5N7O/c1-12-5-21(24,25)11-35(17(12)9-32-20-30-6-13(7-31-20)22(26,27)28)19(36)18-15(10-34(2)33-18)16-4-3-14(23)8-29-16/h3-4,6-8,10,12,17H,5,9,11H2,1-2H3,(H,30,31,32)/t12?,17-/m1/s1. The summed E-state index contributed by atoms with van der Waals surface area (Å²) in [5, 5.41) is 7.35. The minimum Gasteiger partial charge on any atom is -0.352 e. The van der Waals surface area contributed by atoms with Gasteiger partial charge >= 0.3 is 6.18 Å². The Hall–Kier alpha value is -3.35. The second kappa shape index (κ2) is 9.60. The van der Waals surface area contributed by atoms with E-state index in [4.69, 9.17) is 11.6 Å². The highest BCUT2D eigenvalue weighted by atomic mass is 35.5. The van der Waals surface area contributed by atoms with Crippen LogP contribution in [-0.4, -0.2) is 60.6 Å². The van der Waals surface area contributed by atoms with Crippen LogP contribution in [0.4, 0.5) is 27.9 Å². The van der Waals surface area contributed by atoms with Crippen molar-refractivity contribution in [3.05, 3.63) is 53.2 Å². The number of amides is 1. The molecule has 192 valence electrons. The van der Waals surface area contributed by atoms with Crippen LogP contribution < -0.4 is 5.32 Å². The molecule has 36 heavy (non-hydrogen) atoms. The number of nitrogens with one attached hydrogen (secondary N) is 1. The topological polar surface area (TPSA) is 88.8 Å². The maximum absolute atomic E-state index is 14.5. The Morgan fingerprint density at radius 3 is 2.50 bits per heavy atom. The van der Waals surface area contributed by atoms with Gasteiger partial charge in [0.1, 0.15) is 0 Å². The third-order valence-corrected chi connectivity index (χ3v) is 6.05. The van der Waals surface area contributed by atoms with Gasteiger partial charge in [0.15, 0.2) is 5.69 Å². The van der Waals surface area contributed by atoms with Crippen molar-refractivity contribution in [3.63, 3.8) is 0 Å². The molecule has 1 saturated heterocycles. The normalized spacial score (nSPS) is 19.8. The number of rotatable bonds is 5. The molecule has 1 N–H and O–H groups in total. The first-order valence-corrected chi connectivity index (χ1v) is 11.2. The number of alkyl halides is 5. The SMILES string of the molecule is CC1CC(F)(F)CN(C(=O)c2nn(C)cc2-c2ccc(Cl)cn2)[C@@H]1CNc1ncc(C(F)(F)F)cn1. The molecule has 14 heteroatoms. The van der Waals surface area contributed by atoms with Gasteiger partial charge in [-0.05, 0) is 18.1 Å². The van der Waals surface area contributed by atoms with Gasteiger partial charge in [0.25, 0.3) is 11.8 Å². The molecule has 1 fully saturated rings. The predicted octanol–water partition coefficient (Wildman–Crippen LogP) is 4.54. The van der Waals surface area contributed by atoms with Crippen LogP contribution in [0, 0.1) is 5.92 Å². The molecule has 2 atom stereocenters. The maximum Gasteiger partial charge on any atom is 0.419 e. The molecule has 0 bridgehead atoms. The van der Waals surface area contributed by atoms with E-state index in [0.29, 0.717) is 28.7 Å². The van der Waals surface area contributed by atoms with Crippen LogP contribution in [0.25, 0.3) is 11.3 Å². The number of pyridine rings is 1. The molecule has 8 nitrogen and oxygen atoms in total. The van der Waals surface area contributed by atoms with Gasteiger partial charge in [0.05, 0.1) is 34.4 Å². The van der Waals surface area contributed by atoms with Crippen molar-refractivity contribution < 1.29 is 26.7 Å². The number of hydrogen-bond acceptors (Lipinski definition) is 6. The molecule has 0 saturated carbocycles. The molecule has 0 aromatic carbocycles. The lowest BCUT2D eigenvalue weighted by atomic mass is 9.88. The van der Waals surface area contributed by atoms with Gasteiger partial charge in [-0.15, -0.1) is 0 Å². The fourth-order valence-corrected chi connectivity index (χ4v) is 4.26. The summed E-state index contributed by atoms with van der Waals surface area (Å²) in [4.78, 5) is 26.1. The number of carbonyl (C=O) groups excluding carboxylic acids is 1. The fourth-order valence-electron chi connectivity index (χ4n) is 4.15. The van der Waals surface area contributed by atoms with Crippen molar-refractivity contribution in [2.24, 2.45) is 13.0 Å². The van der Waals surface area contributed by atoms with E-state index in [1.807, 2.05) is 0 Å². The average Bonchev–Trinajstić information content (AvgIpc) is 3.19. The lowest BCUT2D eigenvalue weighted by Gasteiger charge is -2.43. The number of piperidine rings is 1. The lowest BCUT2D eigenvalue weighted by molar-refractivity contribution is -0.138. The first kappa shape index (κ1) is 25.7. The van der Waals surface area contributed by atoms with Crippen molar-refractivity contribution in [2.45, 2.75) is 31.5 Å². The summed E-state index contributed by atoms with van der Waals surface area (Å²) >= 11 is 5.90. The molecule has 0 aliphatic carbocycles. The van der Waals surface area contributed by atoms with Crippen molar-refractivity contribution in [1.82, 2.24) is 29.6 Å². The van der Waals surface area contributed by atoms with Crippen LogP contribution in [-0.2, 0) is 13.2 Å². The maximum atomic E-state index is 14.5.